The number of carbonyl (C=O) groups excluding carboxylic acids is 1. The molecule has 1 aliphatic heterocycles. The summed E-state index contributed by atoms with van der Waals surface area (Å²) >= 11 is 0. The van der Waals surface area contributed by atoms with Crippen molar-refractivity contribution in [3.05, 3.63) is 30.1 Å². The van der Waals surface area contributed by atoms with E-state index in [1.165, 1.54) is 63.5 Å². The van der Waals surface area contributed by atoms with E-state index in [0.717, 1.165) is 13.1 Å². The van der Waals surface area contributed by atoms with Crippen LogP contribution in [0.2, 0.25) is 0 Å². The van der Waals surface area contributed by atoms with Crippen molar-refractivity contribution < 1.29 is 13.9 Å². The van der Waals surface area contributed by atoms with E-state index in [-0.39, 0.29) is 23.9 Å². The Morgan fingerprint density at radius 3 is 2.36 bits per heavy atom. The van der Waals surface area contributed by atoms with Crippen LogP contribution in [0.4, 0.5) is 4.39 Å². The van der Waals surface area contributed by atoms with Crippen LogP contribution in [0.25, 0.3) is 0 Å². The number of hydrogen-bond acceptors (Lipinski definition) is 3. The van der Waals surface area contributed by atoms with Gasteiger partial charge in [-0.15, -0.1) is 0 Å². The number of benzene rings is 1. The van der Waals surface area contributed by atoms with Crippen LogP contribution < -0.4 is 10.1 Å². The summed E-state index contributed by atoms with van der Waals surface area (Å²) in [5.41, 5.74) is 0.129. The highest BCUT2D eigenvalue weighted by Crippen LogP contribution is 2.35. The standard InChI is InChI=1S/C20H29FN2O2/c21-17-7-9-18(10-8-17)25-15-19(24)22-16-20(11-3-1-4-12-20)23-13-5-2-6-14-23/h7-10H,1-6,11-16H2,(H,22,24). The number of piperidine rings is 1. The zero-order valence-electron chi connectivity index (χ0n) is 14.9. The maximum absolute atomic E-state index is 12.9. The van der Waals surface area contributed by atoms with Gasteiger partial charge >= 0.3 is 0 Å². The molecule has 138 valence electrons. The van der Waals surface area contributed by atoms with Gasteiger partial charge in [-0.25, -0.2) is 4.39 Å². The van der Waals surface area contributed by atoms with E-state index in [1.54, 1.807) is 12.1 Å². The first-order chi connectivity index (χ1) is 12.2. The molecule has 1 aliphatic carbocycles. The molecule has 3 rings (SSSR count). The Hall–Kier alpha value is -1.62. The van der Waals surface area contributed by atoms with Gasteiger partial charge in [0.15, 0.2) is 6.61 Å². The summed E-state index contributed by atoms with van der Waals surface area (Å²) in [6.45, 7) is 2.99. The van der Waals surface area contributed by atoms with Gasteiger partial charge in [-0.05, 0) is 63.0 Å². The Morgan fingerprint density at radius 1 is 1.04 bits per heavy atom. The quantitative estimate of drug-likeness (QED) is 0.855. The molecule has 1 aromatic carbocycles. The topological polar surface area (TPSA) is 41.6 Å². The lowest BCUT2D eigenvalue weighted by Crippen LogP contribution is -2.58. The van der Waals surface area contributed by atoms with E-state index in [0.29, 0.717) is 12.3 Å². The van der Waals surface area contributed by atoms with Crippen LogP contribution in [0.1, 0.15) is 51.4 Å². The molecule has 2 aliphatic rings. The fraction of sp³-hybridized carbons (Fsp3) is 0.650. The Balaban J connectivity index is 1.51. The van der Waals surface area contributed by atoms with Crippen LogP contribution in [-0.4, -0.2) is 42.6 Å². The van der Waals surface area contributed by atoms with E-state index in [2.05, 4.69) is 10.2 Å². The van der Waals surface area contributed by atoms with Gasteiger partial charge in [0.05, 0.1) is 0 Å². The molecule has 1 aromatic rings. The zero-order valence-corrected chi connectivity index (χ0v) is 14.9. The maximum atomic E-state index is 12.9. The lowest BCUT2D eigenvalue weighted by Gasteiger charge is -2.48. The lowest BCUT2D eigenvalue weighted by atomic mass is 9.79. The largest absolute Gasteiger partial charge is 0.484 e. The van der Waals surface area contributed by atoms with Crippen molar-refractivity contribution >= 4 is 5.91 Å². The second-order valence-corrected chi connectivity index (χ2v) is 7.35. The minimum Gasteiger partial charge on any atom is -0.484 e. The first-order valence-corrected chi connectivity index (χ1v) is 9.58. The number of likely N-dealkylation sites (tertiary alicyclic amines) is 1. The second-order valence-electron chi connectivity index (χ2n) is 7.35. The average Bonchev–Trinajstić information content (AvgIpc) is 2.67. The monoisotopic (exact) mass is 348 g/mol. The molecule has 4 nitrogen and oxygen atoms in total. The van der Waals surface area contributed by atoms with E-state index in [1.807, 2.05) is 0 Å². The summed E-state index contributed by atoms with van der Waals surface area (Å²) in [5.74, 6) is 0.101. The first kappa shape index (κ1) is 18.2. The molecule has 0 bridgehead atoms. The summed E-state index contributed by atoms with van der Waals surface area (Å²) in [6, 6.07) is 5.75. The number of nitrogens with one attached hydrogen (secondary N) is 1. The summed E-state index contributed by atoms with van der Waals surface area (Å²) in [6.07, 6.45) is 10.0. The van der Waals surface area contributed by atoms with E-state index >= 15 is 0 Å². The summed E-state index contributed by atoms with van der Waals surface area (Å²) in [5, 5.41) is 3.09. The third-order valence-electron chi connectivity index (χ3n) is 5.61. The van der Waals surface area contributed by atoms with Crippen molar-refractivity contribution in [2.24, 2.45) is 0 Å². The minimum absolute atomic E-state index is 0.0261. The molecule has 0 aromatic heterocycles. The van der Waals surface area contributed by atoms with Crippen LogP contribution in [0.3, 0.4) is 0 Å². The van der Waals surface area contributed by atoms with Gasteiger partial charge in [0.1, 0.15) is 11.6 Å². The van der Waals surface area contributed by atoms with Crippen molar-refractivity contribution in [3.63, 3.8) is 0 Å². The van der Waals surface area contributed by atoms with E-state index in [4.69, 9.17) is 4.74 Å². The van der Waals surface area contributed by atoms with Crippen molar-refractivity contribution in [2.45, 2.75) is 56.9 Å². The minimum atomic E-state index is -0.308. The van der Waals surface area contributed by atoms with Crippen molar-refractivity contribution in [1.29, 1.82) is 0 Å². The summed E-state index contributed by atoms with van der Waals surface area (Å²) in [7, 11) is 0. The lowest BCUT2D eigenvalue weighted by molar-refractivity contribution is -0.124. The Labute approximate surface area is 149 Å². The smallest absolute Gasteiger partial charge is 0.258 e. The van der Waals surface area contributed by atoms with Gasteiger partial charge in [0.25, 0.3) is 5.91 Å². The molecule has 1 heterocycles. The molecule has 0 unspecified atom stereocenters. The molecule has 1 saturated carbocycles. The highest BCUT2D eigenvalue weighted by Gasteiger charge is 2.38. The Morgan fingerprint density at radius 2 is 1.68 bits per heavy atom. The van der Waals surface area contributed by atoms with E-state index in [9.17, 15) is 9.18 Å². The molecule has 1 amide bonds. The molecule has 0 atom stereocenters. The molecular formula is C20H29FN2O2. The normalized spacial score (nSPS) is 20.8. The predicted molar refractivity (Wildman–Crippen MR) is 96.1 cm³/mol. The second kappa shape index (κ2) is 8.65. The molecule has 0 spiro atoms. The van der Waals surface area contributed by atoms with E-state index < -0.39 is 0 Å². The van der Waals surface area contributed by atoms with Crippen LogP contribution in [0.5, 0.6) is 5.75 Å². The molecule has 1 N–H and O–H groups in total. The summed E-state index contributed by atoms with van der Waals surface area (Å²) < 4.78 is 18.3. The van der Waals surface area contributed by atoms with Gasteiger partial charge < -0.3 is 10.1 Å². The van der Waals surface area contributed by atoms with Gasteiger partial charge in [-0.2, -0.15) is 0 Å². The van der Waals surface area contributed by atoms with Crippen molar-refractivity contribution in [3.8, 4) is 5.75 Å². The predicted octanol–water partition coefficient (Wildman–Crippen LogP) is 3.51. The first-order valence-electron chi connectivity index (χ1n) is 9.58. The van der Waals surface area contributed by atoms with Crippen LogP contribution in [-0.2, 0) is 4.79 Å². The number of ether oxygens (including phenoxy) is 1. The van der Waals surface area contributed by atoms with Crippen molar-refractivity contribution in [1.82, 2.24) is 10.2 Å². The van der Waals surface area contributed by atoms with Gasteiger partial charge in [-0.3, -0.25) is 9.69 Å². The number of nitrogens with zero attached hydrogens (tertiary/aromatic N) is 1. The summed E-state index contributed by atoms with van der Waals surface area (Å²) in [4.78, 5) is 14.8. The molecule has 1 saturated heterocycles. The van der Waals surface area contributed by atoms with Gasteiger partial charge in [0, 0.05) is 12.1 Å². The number of amides is 1. The van der Waals surface area contributed by atoms with Crippen LogP contribution in [0.15, 0.2) is 24.3 Å². The van der Waals surface area contributed by atoms with Gasteiger partial charge in [-0.1, -0.05) is 25.7 Å². The molecule has 5 heteroatoms. The number of halogens is 1. The Kier molecular flexibility index (Phi) is 6.29. The van der Waals surface area contributed by atoms with Crippen molar-refractivity contribution in [2.75, 3.05) is 26.2 Å². The molecule has 25 heavy (non-hydrogen) atoms. The fourth-order valence-electron chi connectivity index (χ4n) is 4.18. The van der Waals surface area contributed by atoms with Crippen LogP contribution >= 0.6 is 0 Å². The van der Waals surface area contributed by atoms with Gasteiger partial charge in [0.2, 0.25) is 0 Å². The average molecular weight is 348 g/mol. The number of hydrogen-bond donors (Lipinski definition) is 1. The SMILES string of the molecule is O=C(COc1ccc(F)cc1)NCC1(N2CCCCC2)CCCCC1. The van der Waals surface area contributed by atoms with Crippen LogP contribution in [0, 0.1) is 5.82 Å². The molecule has 2 fully saturated rings. The highest BCUT2D eigenvalue weighted by molar-refractivity contribution is 5.77. The maximum Gasteiger partial charge on any atom is 0.258 e. The zero-order chi connectivity index (χ0) is 17.5. The fourth-order valence-corrected chi connectivity index (χ4v) is 4.18. The molecular weight excluding hydrogens is 319 g/mol. The number of carbonyl (C=O) groups is 1. The molecule has 0 radical (unpaired) electrons. The third kappa shape index (κ3) is 4.94. The third-order valence-corrected chi connectivity index (χ3v) is 5.61. The number of rotatable bonds is 6. The Bertz CT molecular complexity index is 549. The highest BCUT2D eigenvalue weighted by atomic mass is 19.1.